The van der Waals surface area contributed by atoms with E-state index in [2.05, 4.69) is 16.8 Å². The van der Waals surface area contributed by atoms with Crippen LogP contribution in [0.2, 0.25) is 0 Å². The zero-order valence-corrected chi connectivity index (χ0v) is 24.6. The summed E-state index contributed by atoms with van der Waals surface area (Å²) in [6.45, 7) is 5.09. The molecule has 0 spiro atoms. The Kier molecular flexibility index (Phi) is 10.7. The highest BCUT2D eigenvalue weighted by molar-refractivity contribution is 5.94. The van der Waals surface area contributed by atoms with Gasteiger partial charge in [-0.15, -0.1) is 6.58 Å². The normalized spacial score (nSPS) is 20.5. The third-order valence-corrected chi connectivity index (χ3v) is 8.40. The lowest BCUT2D eigenvalue weighted by molar-refractivity contribution is -0.253. The summed E-state index contributed by atoms with van der Waals surface area (Å²) in [5.74, 6) is -12.5. The number of carbonyl (C=O) groups is 1. The molecule has 5 rings (SSSR count). The Morgan fingerprint density at radius 2 is 1.44 bits per heavy atom. The van der Waals surface area contributed by atoms with Crippen LogP contribution in [-0.2, 0) is 22.6 Å². The maximum absolute atomic E-state index is 14.0. The van der Waals surface area contributed by atoms with E-state index in [0.717, 1.165) is 30.5 Å². The summed E-state index contributed by atoms with van der Waals surface area (Å²) in [5.41, 5.74) is 1.41. The van der Waals surface area contributed by atoms with Crippen LogP contribution in [0.3, 0.4) is 0 Å². The summed E-state index contributed by atoms with van der Waals surface area (Å²) < 4.78 is 81.4. The topological polar surface area (TPSA) is 71.0 Å². The minimum Gasteiger partial charge on any atom is -0.392 e. The molecule has 0 aromatic heterocycles. The standard InChI is InChI=1S/C34H35F5N2O4/c1-2-15-41(24-5-3-4-6-24)18-25-16-26(22-11-9-21(19-42)10-12-22)45-34(44-25)23-13-7-20(8-14-23)17-40-33(43)27-28(35)30(37)32(39)31(38)29(27)36/h2,7-14,24-26,34,42H,1,3-6,15-19H2,(H,40,43). The molecule has 1 aliphatic heterocycles. The van der Waals surface area contributed by atoms with Gasteiger partial charge in [0.15, 0.2) is 29.6 Å². The molecule has 0 bridgehead atoms. The first-order valence-corrected chi connectivity index (χ1v) is 14.9. The van der Waals surface area contributed by atoms with Gasteiger partial charge in [0.25, 0.3) is 5.91 Å². The fraction of sp³-hybridized carbons (Fsp3) is 0.382. The van der Waals surface area contributed by atoms with Crippen molar-refractivity contribution in [1.82, 2.24) is 10.2 Å². The van der Waals surface area contributed by atoms with Gasteiger partial charge >= 0.3 is 0 Å². The number of hydrogen-bond donors (Lipinski definition) is 2. The molecule has 2 N–H and O–H groups in total. The van der Waals surface area contributed by atoms with Crippen LogP contribution in [0, 0.1) is 29.1 Å². The molecule has 1 saturated heterocycles. The summed E-state index contributed by atoms with van der Waals surface area (Å²) in [6.07, 6.45) is 6.03. The second kappa shape index (κ2) is 14.6. The molecule has 3 unspecified atom stereocenters. The quantitative estimate of drug-likeness (QED) is 0.106. The summed E-state index contributed by atoms with van der Waals surface area (Å²) >= 11 is 0. The van der Waals surface area contributed by atoms with Gasteiger partial charge in [0.2, 0.25) is 5.82 Å². The molecule has 45 heavy (non-hydrogen) atoms. The molecule has 1 aliphatic carbocycles. The van der Waals surface area contributed by atoms with E-state index in [1.807, 2.05) is 30.3 Å². The van der Waals surface area contributed by atoms with Crippen molar-refractivity contribution in [3.63, 3.8) is 0 Å². The summed E-state index contributed by atoms with van der Waals surface area (Å²) in [7, 11) is 0. The molecule has 1 amide bonds. The van der Waals surface area contributed by atoms with Crippen LogP contribution in [0.25, 0.3) is 0 Å². The first-order chi connectivity index (χ1) is 21.7. The highest BCUT2D eigenvalue weighted by Crippen LogP contribution is 2.39. The monoisotopic (exact) mass is 630 g/mol. The lowest BCUT2D eigenvalue weighted by atomic mass is 9.99. The average Bonchev–Trinajstić information content (AvgIpc) is 3.61. The molecule has 11 heteroatoms. The third-order valence-electron chi connectivity index (χ3n) is 8.40. The fourth-order valence-electron chi connectivity index (χ4n) is 5.97. The van der Waals surface area contributed by atoms with E-state index < -0.39 is 46.8 Å². The minimum absolute atomic E-state index is 0.0631. The molecule has 6 nitrogen and oxygen atoms in total. The molecular formula is C34H35F5N2O4. The molecular weight excluding hydrogens is 595 g/mol. The highest BCUT2D eigenvalue weighted by atomic mass is 19.2. The lowest BCUT2D eigenvalue weighted by Gasteiger charge is -2.39. The Bertz CT molecular complexity index is 1470. The van der Waals surface area contributed by atoms with E-state index in [9.17, 15) is 31.9 Å². The average molecular weight is 631 g/mol. The van der Waals surface area contributed by atoms with Gasteiger partial charge in [0, 0.05) is 37.7 Å². The van der Waals surface area contributed by atoms with Crippen LogP contribution in [0.5, 0.6) is 0 Å². The number of amides is 1. The van der Waals surface area contributed by atoms with Crippen LogP contribution in [0.1, 0.15) is 77.1 Å². The Morgan fingerprint density at radius 1 is 0.867 bits per heavy atom. The second-order valence-corrected chi connectivity index (χ2v) is 11.4. The van der Waals surface area contributed by atoms with E-state index in [0.29, 0.717) is 30.1 Å². The predicted molar refractivity (Wildman–Crippen MR) is 156 cm³/mol. The summed E-state index contributed by atoms with van der Waals surface area (Å²) in [6, 6.07) is 14.8. The van der Waals surface area contributed by atoms with Crippen molar-refractivity contribution in [2.24, 2.45) is 0 Å². The van der Waals surface area contributed by atoms with E-state index >= 15 is 0 Å². The number of halogens is 5. The number of aliphatic hydroxyl groups is 1. The maximum Gasteiger partial charge on any atom is 0.257 e. The second-order valence-electron chi connectivity index (χ2n) is 11.4. The Hall–Kier alpha value is -3.64. The molecule has 1 heterocycles. The molecule has 2 fully saturated rings. The van der Waals surface area contributed by atoms with E-state index in [4.69, 9.17) is 9.47 Å². The number of hydrogen-bond acceptors (Lipinski definition) is 5. The van der Waals surface area contributed by atoms with E-state index in [-0.39, 0.29) is 25.4 Å². The van der Waals surface area contributed by atoms with Gasteiger partial charge in [-0.2, -0.15) is 0 Å². The van der Waals surface area contributed by atoms with Crippen molar-refractivity contribution in [3.8, 4) is 0 Å². The molecule has 3 aromatic carbocycles. The summed E-state index contributed by atoms with van der Waals surface area (Å²) in [4.78, 5) is 14.8. The molecule has 3 atom stereocenters. The van der Waals surface area contributed by atoms with Crippen molar-refractivity contribution in [3.05, 3.63) is 118 Å². The number of ether oxygens (including phenoxy) is 2. The van der Waals surface area contributed by atoms with Gasteiger partial charge in [-0.1, -0.05) is 67.4 Å². The number of carbonyl (C=O) groups excluding carboxylic acids is 1. The van der Waals surface area contributed by atoms with E-state index in [1.54, 1.807) is 24.3 Å². The maximum atomic E-state index is 14.0. The van der Waals surface area contributed by atoms with Gasteiger partial charge in [-0.05, 0) is 29.5 Å². The van der Waals surface area contributed by atoms with Gasteiger partial charge in [-0.25, -0.2) is 22.0 Å². The Labute approximate surface area is 258 Å². The van der Waals surface area contributed by atoms with Gasteiger partial charge in [-0.3, -0.25) is 9.69 Å². The molecule has 1 saturated carbocycles. The van der Waals surface area contributed by atoms with Crippen molar-refractivity contribution in [2.75, 3.05) is 13.1 Å². The lowest BCUT2D eigenvalue weighted by Crippen LogP contribution is -2.43. The fourth-order valence-corrected chi connectivity index (χ4v) is 5.97. The van der Waals surface area contributed by atoms with E-state index in [1.165, 1.54) is 12.8 Å². The first kappa shape index (κ1) is 32.7. The zero-order valence-electron chi connectivity index (χ0n) is 24.6. The number of aliphatic hydroxyl groups excluding tert-OH is 1. The van der Waals surface area contributed by atoms with Crippen molar-refractivity contribution in [1.29, 1.82) is 0 Å². The Morgan fingerprint density at radius 3 is 2.04 bits per heavy atom. The van der Waals surface area contributed by atoms with Crippen LogP contribution >= 0.6 is 0 Å². The van der Waals surface area contributed by atoms with Crippen LogP contribution in [0.15, 0.2) is 61.2 Å². The van der Waals surface area contributed by atoms with Crippen LogP contribution < -0.4 is 5.32 Å². The van der Waals surface area contributed by atoms with Gasteiger partial charge in [0.1, 0.15) is 5.56 Å². The molecule has 3 aromatic rings. The first-order valence-electron chi connectivity index (χ1n) is 14.9. The van der Waals surface area contributed by atoms with Gasteiger partial charge < -0.3 is 19.9 Å². The number of nitrogens with one attached hydrogen (secondary N) is 1. The van der Waals surface area contributed by atoms with Crippen molar-refractivity contribution in [2.45, 2.75) is 69.8 Å². The zero-order chi connectivity index (χ0) is 32.1. The molecule has 0 radical (unpaired) electrons. The van der Waals surface area contributed by atoms with Gasteiger partial charge in [0.05, 0.1) is 18.8 Å². The smallest absolute Gasteiger partial charge is 0.257 e. The summed E-state index contributed by atoms with van der Waals surface area (Å²) in [5, 5.41) is 11.7. The van der Waals surface area contributed by atoms with Crippen molar-refractivity contribution < 1.29 is 41.3 Å². The van der Waals surface area contributed by atoms with Crippen LogP contribution in [-0.4, -0.2) is 41.1 Å². The van der Waals surface area contributed by atoms with Crippen molar-refractivity contribution >= 4 is 5.91 Å². The largest absolute Gasteiger partial charge is 0.392 e. The Balaban J connectivity index is 1.31. The molecule has 240 valence electrons. The third kappa shape index (κ3) is 7.44. The number of rotatable bonds is 11. The number of benzene rings is 3. The number of nitrogens with zero attached hydrogens (tertiary/aromatic N) is 1. The SMILES string of the molecule is C=CCN(CC1CC(c2ccc(CO)cc2)OC(c2ccc(CNC(=O)c3c(F)c(F)c(F)c(F)c3F)cc2)O1)C1CCCC1. The molecule has 2 aliphatic rings. The minimum atomic E-state index is -2.33. The van der Waals surface area contributed by atoms with Crippen LogP contribution in [0.4, 0.5) is 22.0 Å². The predicted octanol–water partition coefficient (Wildman–Crippen LogP) is 6.78. The highest BCUT2D eigenvalue weighted by Gasteiger charge is 2.35.